The second-order valence-corrected chi connectivity index (χ2v) is 6.23. The van der Waals surface area contributed by atoms with Crippen LogP contribution in [0.25, 0.3) is 0 Å². The van der Waals surface area contributed by atoms with Gasteiger partial charge in [-0.05, 0) is 31.5 Å². The smallest absolute Gasteiger partial charge is 0.357 e. The highest BCUT2D eigenvalue weighted by atomic mass is 127. The summed E-state index contributed by atoms with van der Waals surface area (Å²) in [5, 5.41) is 10.3. The molecule has 0 bridgehead atoms. The number of aromatic nitrogens is 2. The van der Waals surface area contributed by atoms with Gasteiger partial charge in [-0.25, -0.2) is 4.99 Å². The predicted octanol–water partition coefficient (Wildman–Crippen LogP) is 4.53. The van der Waals surface area contributed by atoms with Gasteiger partial charge in [-0.2, -0.15) is 18.3 Å². The number of guanidine groups is 1. The molecule has 150 valence electrons. The van der Waals surface area contributed by atoms with Gasteiger partial charge in [0.1, 0.15) is 0 Å². The van der Waals surface area contributed by atoms with Crippen LogP contribution in [0.15, 0.2) is 35.5 Å². The summed E-state index contributed by atoms with van der Waals surface area (Å²) < 4.78 is 40.2. The van der Waals surface area contributed by atoms with E-state index in [-0.39, 0.29) is 42.1 Å². The molecule has 10 heteroatoms. The van der Waals surface area contributed by atoms with Crippen molar-refractivity contribution in [3.63, 3.8) is 0 Å². The van der Waals surface area contributed by atoms with Crippen molar-refractivity contribution in [3.05, 3.63) is 52.3 Å². The second-order valence-electron chi connectivity index (χ2n) is 5.79. The van der Waals surface area contributed by atoms with Crippen LogP contribution in [0.5, 0.6) is 0 Å². The molecule has 1 aromatic heterocycles. The molecule has 0 saturated carbocycles. The third-order valence-corrected chi connectivity index (χ3v) is 3.86. The molecule has 2 rings (SSSR count). The van der Waals surface area contributed by atoms with E-state index < -0.39 is 11.9 Å². The third-order valence-electron chi connectivity index (χ3n) is 3.63. The summed E-state index contributed by atoms with van der Waals surface area (Å²) >= 11 is 6.00. The number of halogens is 5. The number of nitrogens with zero attached hydrogens (tertiary/aromatic N) is 3. The van der Waals surface area contributed by atoms with Gasteiger partial charge in [0, 0.05) is 30.4 Å². The van der Waals surface area contributed by atoms with Gasteiger partial charge in [-0.1, -0.05) is 23.7 Å². The van der Waals surface area contributed by atoms with Crippen molar-refractivity contribution in [1.82, 2.24) is 20.4 Å². The van der Waals surface area contributed by atoms with Gasteiger partial charge in [-0.3, -0.25) is 4.68 Å². The highest BCUT2D eigenvalue weighted by Gasteiger charge is 2.36. The Morgan fingerprint density at radius 2 is 2.07 bits per heavy atom. The number of alkyl halides is 3. The van der Waals surface area contributed by atoms with Crippen LogP contribution >= 0.6 is 35.6 Å². The Balaban J connectivity index is 0.00000364. The zero-order chi connectivity index (χ0) is 19.3. The fourth-order valence-electron chi connectivity index (χ4n) is 2.44. The maximum Gasteiger partial charge on any atom is 0.435 e. The number of benzene rings is 1. The molecule has 1 aromatic carbocycles. The molecule has 0 saturated heterocycles. The van der Waals surface area contributed by atoms with Gasteiger partial charge in [0.25, 0.3) is 0 Å². The van der Waals surface area contributed by atoms with Gasteiger partial charge >= 0.3 is 6.18 Å². The highest BCUT2D eigenvalue weighted by molar-refractivity contribution is 14.0. The Morgan fingerprint density at radius 1 is 1.37 bits per heavy atom. The first-order valence-corrected chi connectivity index (χ1v) is 8.48. The molecule has 0 fully saturated rings. The van der Waals surface area contributed by atoms with Crippen LogP contribution < -0.4 is 10.6 Å². The lowest BCUT2D eigenvalue weighted by Gasteiger charge is -2.18. The lowest BCUT2D eigenvalue weighted by atomic mass is 10.1. The predicted molar refractivity (Wildman–Crippen MR) is 111 cm³/mol. The van der Waals surface area contributed by atoms with E-state index in [1.807, 2.05) is 32.0 Å². The van der Waals surface area contributed by atoms with Crippen LogP contribution in [0.3, 0.4) is 0 Å². The van der Waals surface area contributed by atoms with E-state index in [9.17, 15) is 13.2 Å². The number of hydrogen-bond acceptors (Lipinski definition) is 2. The molecule has 0 aliphatic rings. The van der Waals surface area contributed by atoms with Crippen molar-refractivity contribution in [2.45, 2.75) is 32.6 Å². The minimum absolute atomic E-state index is 0. The van der Waals surface area contributed by atoms with Crippen LogP contribution in [0, 0.1) is 0 Å². The van der Waals surface area contributed by atoms with E-state index in [0.29, 0.717) is 17.5 Å². The summed E-state index contributed by atoms with van der Waals surface area (Å²) in [6.45, 7) is 4.24. The molecule has 5 nitrogen and oxygen atoms in total. The highest BCUT2D eigenvalue weighted by Crippen LogP contribution is 2.30. The summed E-state index contributed by atoms with van der Waals surface area (Å²) in [5.74, 6) is 0.414. The quantitative estimate of drug-likeness (QED) is 0.350. The van der Waals surface area contributed by atoms with Crippen molar-refractivity contribution in [3.8, 4) is 0 Å². The van der Waals surface area contributed by atoms with Gasteiger partial charge in [-0.15, -0.1) is 24.0 Å². The third kappa shape index (κ3) is 6.87. The van der Waals surface area contributed by atoms with E-state index in [1.54, 1.807) is 6.07 Å². The Kier molecular flexibility index (Phi) is 8.86. The maximum absolute atomic E-state index is 13.0. The Bertz CT molecular complexity index is 776. The molecular formula is C17H22ClF3IN5. The van der Waals surface area contributed by atoms with Crippen molar-refractivity contribution in [1.29, 1.82) is 0 Å². The zero-order valence-electron chi connectivity index (χ0n) is 15.1. The van der Waals surface area contributed by atoms with Crippen LogP contribution in [-0.2, 0) is 19.8 Å². The maximum atomic E-state index is 13.0. The summed E-state index contributed by atoms with van der Waals surface area (Å²) in [5.41, 5.74) is 0.0514. The SMILES string of the molecule is CCNC(=NCc1cn(C)nc1C(F)(F)F)NC(C)c1cccc(Cl)c1.I. The van der Waals surface area contributed by atoms with E-state index >= 15 is 0 Å². The van der Waals surface area contributed by atoms with E-state index in [1.165, 1.54) is 13.2 Å². The van der Waals surface area contributed by atoms with Crippen molar-refractivity contribution < 1.29 is 13.2 Å². The van der Waals surface area contributed by atoms with Crippen molar-refractivity contribution >= 4 is 41.5 Å². The molecule has 0 radical (unpaired) electrons. The molecule has 1 unspecified atom stereocenters. The average Bonchev–Trinajstić information content (AvgIpc) is 2.94. The standard InChI is InChI=1S/C17H21ClF3N5.HI/c1-4-22-16(24-11(2)12-6-5-7-14(18)8-12)23-9-13-10-26(3)25-15(13)17(19,20)21;/h5-8,10-11H,4,9H2,1-3H3,(H2,22,23,24);1H. The van der Waals surface area contributed by atoms with Crippen LogP contribution in [0.1, 0.15) is 36.7 Å². The first kappa shape index (κ1) is 23.5. The molecule has 2 aromatic rings. The van der Waals surface area contributed by atoms with E-state index in [2.05, 4.69) is 20.7 Å². The average molecular weight is 516 g/mol. The normalized spacial score (nSPS) is 13.1. The van der Waals surface area contributed by atoms with Gasteiger partial charge < -0.3 is 10.6 Å². The van der Waals surface area contributed by atoms with Gasteiger partial charge in [0.15, 0.2) is 11.7 Å². The van der Waals surface area contributed by atoms with Crippen LogP contribution in [0.2, 0.25) is 5.02 Å². The molecule has 2 N–H and O–H groups in total. The number of aliphatic imine (C=N–C) groups is 1. The Morgan fingerprint density at radius 3 is 2.67 bits per heavy atom. The van der Waals surface area contributed by atoms with Crippen LogP contribution in [-0.4, -0.2) is 22.3 Å². The summed E-state index contributed by atoms with van der Waals surface area (Å²) in [4.78, 5) is 4.27. The zero-order valence-corrected chi connectivity index (χ0v) is 18.2. The minimum Gasteiger partial charge on any atom is -0.357 e. The van der Waals surface area contributed by atoms with E-state index in [4.69, 9.17) is 11.6 Å². The molecule has 1 atom stereocenters. The lowest BCUT2D eigenvalue weighted by molar-refractivity contribution is -0.142. The molecule has 1 heterocycles. The Labute approximate surface area is 178 Å². The minimum atomic E-state index is -4.51. The number of hydrogen-bond donors (Lipinski definition) is 2. The monoisotopic (exact) mass is 515 g/mol. The summed E-state index contributed by atoms with van der Waals surface area (Å²) in [7, 11) is 1.45. The van der Waals surface area contributed by atoms with Gasteiger partial charge in [0.05, 0.1) is 12.6 Å². The largest absolute Gasteiger partial charge is 0.435 e. The molecule has 27 heavy (non-hydrogen) atoms. The lowest BCUT2D eigenvalue weighted by Crippen LogP contribution is -2.38. The number of nitrogens with one attached hydrogen (secondary N) is 2. The second kappa shape index (κ2) is 10.2. The molecule has 0 amide bonds. The van der Waals surface area contributed by atoms with Crippen molar-refractivity contribution in [2.75, 3.05) is 6.54 Å². The molecular weight excluding hydrogens is 494 g/mol. The topological polar surface area (TPSA) is 54.2 Å². The fraction of sp³-hybridized carbons (Fsp3) is 0.412. The fourth-order valence-corrected chi connectivity index (χ4v) is 2.64. The number of rotatable bonds is 5. The summed E-state index contributed by atoms with van der Waals surface area (Å²) in [6, 6.07) is 7.23. The van der Waals surface area contributed by atoms with E-state index in [0.717, 1.165) is 10.2 Å². The molecule has 0 spiro atoms. The Hall–Kier alpha value is -1.49. The van der Waals surface area contributed by atoms with Crippen molar-refractivity contribution in [2.24, 2.45) is 12.0 Å². The summed E-state index contributed by atoms with van der Waals surface area (Å²) in [6.07, 6.45) is -3.18. The number of aryl methyl sites for hydroxylation is 1. The molecule has 0 aliphatic carbocycles. The first-order valence-electron chi connectivity index (χ1n) is 8.10. The van der Waals surface area contributed by atoms with Crippen LogP contribution in [0.4, 0.5) is 13.2 Å². The van der Waals surface area contributed by atoms with Gasteiger partial charge in [0.2, 0.25) is 0 Å². The molecule has 0 aliphatic heterocycles. The first-order chi connectivity index (χ1) is 12.2.